The highest BCUT2D eigenvalue weighted by Gasteiger charge is 2.24. The molecule has 0 aromatic carbocycles. The summed E-state index contributed by atoms with van der Waals surface area (Å²) < 4.78 is 0. The maximum absolute atomic E-state index is 9.08. The Morgan fingerprint density at radius 3 is 0.944 bits per heavy atom. The lowest BCUT2D eigenvalue weighted by atomic mass is 10.1. The highest BCUT2D eigenvalue weighted by Crippen LogP contribution is 2.09. The highest BCUT2D eigenvalue weighted by molar-refractivity contribution is 4.74. The first-order valence-electron chi connectivity index (χ1n) is 5.68. The molecule has 0 aromatic rings. The van der Waals surface area contributed by atoms with E-state index in [-0.39, 0.29) is 6.42 Å². The van der Waals surface area contributed by atoms with Gasteiger partial charge in [0.25, 0.3) is 0 Å². The van der Waals surface area contributed by atoms with Crippen LogP contribution < -0.4 is 16.8 Å². The molecule has 0 saturated carbocycles. The molecule has 112 valence electrons. The Morgan fingerprint density at radius 2 is 0.944 bits per heavy atom. The zero-order chi connectivity index (χ0) is 15.4. The van der Waals surface area contributed by atoms with Gasteiger partial charge in [0.2, 0.25) is 0 Å². The zero-order valence-electron chi connectivity index (χ0n) is 12.2. The smallest absolute Gasteiger partial charge is 0.114 e. The third-order valence-corrected chi connectivity index (χ3v) is 1.33. The van der Waals surface area contributed by atoms with Crippen LogP contribution in [0.3, 0.4) is 0 Å². The van der Waals surface area contributed by atoms with Crippen LogP contribution in [-0.4, -0.2) is 43.3 Å². The van der Waals surface area contributed by atoms with Crippen molar-refractivity contribution in [3.63, 3.8) is 0 Å². The van der Waals surface area contributed by atoms with Gasteiger partial charge in [-0.3, -0.25) is 5.32 Å². The van der Waals surface area contributed by atoms with E-state index >= 15 is 0 Å². The SMILES string of the molecule is CC(C)(O)NC(C)(C)O.CC(N)(O)CC(C)(N)O. The Hall–Kier alpha value is -0.280. The van der Waals surface area contributed by atoms with Gasteiger partial charge in [-0.2, -0.15) is 0 Å². The highest BCUT2D eigenvalue weighted by atomic mass is 16.3. The van der Waals surface area contributed by atoms with Gasteiger partial charge in [-0.15, -0.1) is 0 Å². The van der Waals surface area contributed by atoms with Gasteiger partial charge in [0.05, 0.1) is 0 Å². The first-order valence-corrected chi connectivity index (χ1v) is 5.68. The minimum absolute atomic E-state index is 0.0417. The molecular formula is C11H29N3O4. The first kappa shape index (κ1) is 20.0. The minimum atomic E-state index is -1.39. The topological polar surface area (TPSA) is 145 Å². The fraction of sp³-hybridized carbons (Fsp3) is 1.00. The number of nitrogens with two attached hydrogens (primary N) is 2. The number of nitrogens with one attached hydrogen (secondary N) is 1. The molecule has 0 bridgehead atoms. The molecule has 0 fully saturated rings. The van der Waals surface area contributed by atoms with E-state index in [1.165, 1.54) is 13.8 Å². The summed E-state index contributed by atoms with van der Waals surface area (Å²) in [6, 6.07) is 0. The van der Waals surface area contributed by atoms with Crippen molar-refractivity contribution >= 4 is 0 Å². The molecule has 18 heavy (non-hydrogen) atoms. The van der Waals surface area contributed by atoms with Crippen molar-refractivity contribution in [2.45, 2.75) is 70.9 Å². The fourth-order valence-electron chi connectivity index (χ4n) is 1.47. The van der Waals surface area contributed by atoms with Crippen molar-refractivity contribution in [1.29, 1.82) is 0 Å². The number of rotatable bonds is 4. The van der Waals surface area contributed by atoms with Crippen LogP contribution in [0.2, 0.25) is 0 Å². The van der Waals surface area contributed by atoms with E-state index in [1.807, 2.05) is 0 Å². The second kappa shape index (κ2) is 6.25. The van der Waals surface area contributed by atoms with Crippen LogP contribution in [0.25, 0.3) is 0 Å². The summed E-state index contributed by atoms with van der Waals surface area (Å²) in [5.41, 5.74) is 5.46. The predicted octanol–water partition coefficient (Wildman–Crippen LogP) is -1.26. The molecule has 0 spiro atoms. The van der Waals surface area contributed by atoms with E-state index in [1.54, 1.807) is 27.7 Å². The summed E-state index contributed by atoms with van der Waals surface area (Å²) in [6.45, 7) is 9.06. The van der Waals surface area contributed by atoms with E-state index < -0.39 is 22.9 Å². The number of hydrogen-bond donors (Lipinski definition) is 7. The van der Waals surface area contributed by atoms with Gasteiger partial charge in [0.1, 0.15) is 22.9 Å². The van der Waals surface area contributed by atoms with Crippen molar-refractivity contribution in [1.82, 2.24) is 5.32 Å². The van der Waals surface area contributed by atoms with Crippen molar-refractivity contribution < 1.29 is 20.4 Å². The Balaban J connectivity index is 0. The van der Waals surface area contributed by atoms with E-state index in [2.05, 4.69) is 5.32 Å². The quantitative estimate of drug-likeness (QED) is 0.315. The maximum atomic E-state index is 9.08. The third kappa shape index (κ3) is 24.8. The van der Waals surface area contributed by atoms with Crippen molar-refractivity contribution in [3.8, 4) is 0 Å². The molecule has 0 radical (unpaired) electrons. The molecule has 0 aromatic heterocycles. The molecule has 2 unspecified atom stereocenters. The van der Waals surface area contributed by atoms with Crippen LogP contribution in [0.5, 0.6) is 0 Å². The van der Waals surface area contributed by atoms with E-state index in [4.69, 9.17) is 31.9 Å². The molecule has 0 aliphatic heterocycles. The lowest BCUT2D eigenvalue weighted by Crippen LogP contribution is -2.51. The standard InChI is InChI=1S/C6H15NO2.C5H14N2O2/c1-5(2,8)7-6(3,4)9;1-4(6,8)3-5(2,7)9/h7-9H,1-4H3;8-9H,3,6-7H2,1-2H3. The molecule has 7 nitrogen and oxygen atoms in total. The molecule has 7 heteroatoms. The third-order valence-electron chi connectivity index (χ3n) is 1.33. The fourth-order valence-corrected chi connectivity index (χ4v) is 1.47. The maximum Gasteiger partial charge on any atom is 0.114 e. The largest absolute Gasteiger partial charge is 0.376 e. The number of hydrogen-bond acceptors (Lipinski definition) is 7. The Labute approximate surface area is 109 Å². The summed E-state index contributed by atoms with van der Waals surface area (Å²) >= 11 is 0. The Morgan fingerprint density at radius 1 is 0.722 bits per heavy atom. The molecule has 9 N–H and O–H groups in total. The normalized spacial score (nSPS) is 19.3. The molecule has 0 aliphatic carbocycles. The van der Waals surface area contributed by atoms with Crippen LogP contribution in [0, 0.1) is 0 Å². The van der Waals surface area contributed by atoms with Crippen LogP contribution in [0.4, 0.5) is 0 Å². The van der Waals surface area contributed by atoms with Gasteiger partial charge in [0.15, 0.2) is 0 Å². The Kier molecular flexibility index (Phi) is 6.96. The van der Waals surface area contributed by atoms with E-state index in [9.17, 15) is 0 Å². The molecule has 0 saturated heterocycles. The van der Waals surface area contributed by atoms with Crippen molar-refractivity contribution in [3.05, 3.63) is 0 Å². The average Bonchev–Trinajstić information content (AvgIpc) is 1.64. The van der Waals surface area contributed by atoms with E-state index in [0.717, 1.165) is 0 Å². The monoisotopic (exact) mass is 267 g/mol. The van der Waals surface area contributed by atoms with Crippen molar-refractivity contribution in [2.75, 3.05) is 0 Å². The lowest BCUT2D eigenvalue weighted by molar-refractivity contribution is -0.0635. The lowest BCUT2D eigenvalue weighted by Gasteiger charge is -2.28. The predicted molar refractivity (Wildman–Crippen MR) is 70.0 cm³/mol. The van der Waals surface area contributed by atoms with Crippen LogP contribution in [-0.2, 0) is 0 Å². The van der Waals surface area contributed by atoms with Gasteiger partial charge in [-0.1, -0.05) is 0 Å². The van der Waals surface area contributed by atoms with Gasteiger partial charge in [-0.05, 0) is 41.5 Å². The molecular weight excluding hydrogens is 238 g/mol. The van der Waals surface area contributed by atoms with Gasteiger partial charge < -0.3 is 31.9 Å². The van der Waals surface area contributed by atoms with Crippen LogP contribution in [0.1, 0.15) is 48.0 Å². The summed E-state index contributed by atoms with van der Waals surface area (Å²) in [5, 5.41) is 38.5. The molecule has 0 amide bonds. The minimum Gasteiger partial charge on any atom is -0.376 e. The van der Waals surface area contributed by atoms with Crippen LogP contribution in [0.15, 0.2) is 0 Å². The summed E-state index contributed by atoms with van der Waals surface area (Å²) in [7, 11) is 0. The second-order valence-electron chi connectivity index (χ2n) is 6.13. The molecule has 0 heterocycles. The first-order chi connectivity index (χ1) is 7.41. The molecule has 0 rings (SSSR count). The molecule has 2 atom stereocenters. The van der Waals surface area contributed by atoms with E-state index in [0.29, 0.717) is 0 Å². The summed E-state index contributed by atoms with van der Waals surface area (Å²) in [5.74, 6) is 0. The van der Waals surface area contributed by atoms with Crippen LogP contribution >= 0.6 is 0 Å². The summed E-state index contributed by atoms with van der Waals surface area (Å²) in [6.07, 6.45) is -0.0417. The van der Waals surface area contributed by atoms with Gasteiger partial charge in [-0.25, -0.2) is 0 Å². The molecule has 0 aliphatic rings. The van der Waals surface area contributed by atoms with Crippen molar-refractivity contribution in [2.24, 2.45) is 11.5 Å². The second-order valence-corrected chi connectivity index (χ2v) is 6.13. The van der Waals surface area contributed by atoms with Gasteiger partial charge in [0, 0.05) is 6.42 Å². The number of aliphatic hydroxyl groups is 4. The van der Waals surface area contributed by atoms with Gasteiger partial charge >= 0.3 is 0 Å². The summed E-state index contributed by atoms with van der Waals surface area (Å²) in [4.78, 5) is 0. The Bertz CT molecular complexity index is 181. The average molecular weight is 267 g/mol. The zero-order valence-corrected chi connectivity index (χ0v) is 12.2.